The Kier molecular flexibility index (Phi) is 7.16. The van der Waals surface area contributed by atoms with E-state index in [4.69, 9.17) is 0 Å². The lowest BCUT2D eigenvalue weighted by Gasteiger charge is -2.19. The minimum Gasteiger partial charge on any atom is -0.341 e. The fraction of sp³-hybridized carbons (Fsp3) is 0.300. The van der Waals surface area contributed by atoms with Crippen LogP contribution in [-0.2, 0) is 11.2 Å². The highest BCUT2D eigenvalue weighted by atomic mass is 16.2. The monoisotopic (exact) mass is 340 g/mol. The van der Waals surface area contributed by atoms with Gasteiger partial charge in [-0.3, -0.25) is 10.1 Å². The molecule has 0 saturated carbocycles. The van der Waals surface area contributed by atoms with Crippen LogP contribution in [0.25, 0.3) is 0 Å². The molecule has 0 bridgehead atoms. The van der Waals surface area contributed by atoms with Crippen LogP contribution in [0.4, 0.5) is 4.79 Å². The van der Waals surface area contributed by atoms with Gasteiger partial charge in [0.1, 0.15) is 0 Å². The summed E-state index contributed by atoms with van der Waals surface area (Å²) in [6.45, 7) is 2.10. The Hall–Kier alpha value is -2.66. The van der Waals surface area contributed by atoms with E-state index in [1.54, 1.807) is 0 Å². The normalized spacial score (nSPS) is 12.9. The van der Waals surface area contributed by atoms with Gasteiger partial charge in [-0.1, -0.05) is 60.7 Å². The molecule has 5 heteroatoms. The maximum absolute atomic E-state index is 12.5. The second kappa shape index (κ2) is 9.59. The van der Waals surface area contributed by atoms with Crippen LogP contribution in [0.1, 0.15) is 30.5 Å². The van der Waals surface area contributed by atoms with Crippen molar-refractivity contribution in [2.75, 3.05) is 7.05 Å². The fourth-order valence-electron chi connectivity index (χ4n) is 2.73. The van der Waals surface area contributed by atoms with Crippen molar-refractivity contribution in [1.29, 1.82) is 0 Å². The summed E-state index contributed by atoms with van der Waals surface area (Å²) in [6, 6.07) is 19.1. The zero-order valence-corrected chi connectivity index (χ0v) is 14.7. The summed E-state index contributed by atoms with van der Waals surface area (Å²) in [5, 5.41) is 6.83. The molecule has 3 amide bonds. The van der Waals surface area contributed by atoms with Crippen molar-refractivity contribution in [3.8, 4) is 0 Å². The Morgan fingerprint density at radius 1 is 1.00 bits per heavy atom. The van der Waals surface area contributed by atoms with E-state index in [-0.39, 0.29) is 11.9 Å². The highest BCUT2D eigenvalue weighted by molar-refractivity contribution is 5.96. The number of carbonyl (C=O) groups excluding carboxylic acids is 2. The summed E-state index contributed by atoms with van der Waals surface area (Å²) in [7, 11) is 1.49. The van der Waals surface area contributed by atoms with Crippen molar-refractivity contribution in [2.45, 2.75) is 31.8 Å². The molecule has 0 aliphatic heterocycles. The number of amides is 3. The molecule has 0 aliphatic rings. The summed E-state index contributed by atoms with van der Waals surface area (Å²) >= 11 is 0. The van der Waals surface area contributed by atoms with E-state index in [1.165, 1.54) is 12.6 Å². The number of aryl methyl sites for hydroxylation is 1. The first-order chi connectivity index (χ1) is 12.1. The molecule has 5 nitrogen and oxygen atoms in total. The average Bonchev–Trinajstić information content (AvgIpc) is 2.65. The summed E-state index contributed by atoms with van der Waals surface area (Å²) in [4.78, 5) is 24.0. The topological polar surface area (TPSA) is 74.8 Å². The van der Waals surface area contributed by atoms with Gasteiger partial charge in [-0.25, -0.2) is 4.79 Å². The van der Waals surface area contributed by atoms with Crippen molar-refractivity contribution in [3.63, 3.8) is 0 Å². The number of nitrogens with one attached hydrogen (secondary N) is 2. The van der Waals surface area contributed by atoms with E-state index in [2.05, 4.69) is 29.7 Å². The number of benzene rings is 2. The molecule has 0 fully saturated rings. The molecule has 0 aliphatic carbocycles. The molecule has 2 atom stereocenters. The van der Waals surface area contributed by atoms with Gasteiger partial charge in [-0.05, 0) is 18.9 Å². The molecule has 2 aromatic carbocycles. The largest absolute Gasteiger partial charge is 0.341 e. The molecule has 132 valence electrons. The molecule has 0 unspecified atom stereocenters. The third-order valence-corrected chi connectivity index (χ3v) is 4.16. The number of rotatable bonds is 7. The van der Waals surface area contributed by atoms with E-state index in [9.17, 15) is 9.59 Å². The minimum absolute atomic E-state index is 0.237. The van der Waals surface area contributed by atoms with Gasteiger partial charge in [0, 0.05) is 19.0 Å². The van der Waals surface area contributed by atoms with Crippen LogP contribution in [0.15, 0.2) is 60.7 Å². The standard InChI is InChI=1S/C20H25N3O2/c1-15(13-14-16-9-5-3-6-10-16)22-18(17-11-7-4-8-12-17)19(24)23-20(25)21-2/h3-12,15,18,22H,13-14H2,1-2H3,(H2,21,23,24,25)/p+1/t15-,18-/m1/s1. The van der Waals surface area contributed by atoms with Gasteiger partial charge < -0.3 is 10.6 Å². The summed E-state index contributed by atoms with van der Waals surface area (Å²) in [5.41, 5.74) is 2.17. The first-order valence-electron chi connectivity index (χ1n) is 8.56. The maximum atomic E-state index is 12.5. The van der Waals surface area contributed by atoms with Gasteiger partial charge in [-0.15, -0.1) is 0 Å². The number of urea groups is 1. The van der Waals surface area contributed by atoms with Crippen LogP contribution in [0.2, 0.25) is 0 Å². The second-order valence-electron chi connectivity index (χ2n) is 6.15. The predicted molar refractivity (Wildman–Crippen MR) is 97.9 cm³/mol. The van der Waals surface area contributed by atoms with Crippen LogP contribution in [-0.4, -0.2) is 25.0 Å². The van der Waals surface area contributed by atoms with E-state index in [0.717, 1.165) is 18.4 Å². The van der Waals surface area contributed by atoms with Gasteiger partial charge in [0.2, 0.25) is 0 Å². The van der Waals surface area contributed by atoms with Crippen molar-refractivity contribution in [2.24, 2.45) is 0 Å². The number of imide groups is 1. The van der Waals surface area contributed by atoms with Crippen LogP contribution >= 0.6 is 0 Å². The number of hydrogen-bond acceptors (Lipinski definition) is 2. The van der Waals surface area contributed by atoms with Crippen molar-refractivity contribution < 1.29 is 14.9 Å². The third-order valence-electron chi connectivity index (χ3n) is 4.16. The highest BCUT2D eigenvalue weighted by Crippen LogP contribution is 2.10. The molecule has 0 radical (unpaired) electrons. The number of hydrogen-bond donors (Lipinski definition) is 3. The molecule has 2 aromatic rings. The molecule has 4 N–H and O–H groups in total. The van der Waals surface area contributed by atoms with Gasteiger partial charge in [0.25, 0.3) is 5.91 Å². The second-order valence-corrected chi connectivity index (χ2v) is 6.15. The van der Waals surface area contributed by atoms with Gasteiger partial charge in [0.15, 0.2) is 6.04 Å². The predicted octanol–water partition coefficient (Wildman–Crippen LogP) is 1.77. The van der Waals surface area contributed by atoms with E-state index < -0.39 is 12.1 Å². The zero-order chi connectivity index (χ0) is 18.1. The lowest BCUT2D eigenvalue weighted by molar-refractivity contribution is -0.713. The SMILES string of the molecule is CNC(=O)NC(=O)[C@H]([NH2+][C@H](C)CCc1ccccc1)c1ccccc1. The summed E-state index contributed by atoms with van der Waals surface area (Å²) in [5.74, 6) is -0.308. The van der Waals surface area contributed by atoms with Crippen LogP contribution < -0.4 is 16.0 Å². The van der Waals surface area contributed by atoms with Gasteiger partial charge in [-0.2, -0.15) is 0 Å². The first kappa shape index (κ1) is 18.7. The zero-order valence-electron chi connectivity index (χ0n) is 14.7. The highest BCUT2D eigenvalue weighted by Gasteiger charge is 2.27. The van der Waals surface area contributed by atoms with Gasteiger partial charge >= 0.3 is 6.03 Å². The molecule has 0 aromatic heterocycles. The first-order valence-corrected chi connectivity index (χ1v) is 8.56. The van der Waals surface area contributed by atoms with Crippen LogP contribution in [0, 0.1) is 0 Å². The van der Waals surface area contributed by atoms with E-state index in [0.29, 0.717) is 0 Å². The third kappa shape index (κ3) is 6.04. The Morgan fingerprint density at radius 3 is 2.20 bits per heavy atom. The van der Waals surface area contributed by atoms with Gasteiger partial charge in [0.05, 0.1) is 6.04 Å². The Morgan fingerprint density at radius 2 is 1.60 bits per heavy atom. The molecular formula is C20H26N3O2+. The smallest absolute Gasteiger partial charge is 0.321 e. The number of carbonyl (C=O) groups is 2. The van der Waals surface area contributed by atoms with Crippen molar-refractivity contribution in [3.05, 3.63) is 71.8 Å². The van der Waals surface area contributed by atoms with Crippen molar-refractivity contribution in [1.82, 2.24) is 10.6 Å². The molecule has 2 rings (SSSR count). The minimum atomic E-state index is -0.490. The van der Waals surface area contributed by atoms with E-state index in [1.807, 2.05) is 53.8 Å². The Bertz CT molecular complexity index is 674. The quantitative estimate of drug-likeness (QED) is 0.718. The number of quaternary nitrogens is 1. The molecule has 25 heavy (non-hydrogen) atoms. The summed E-state index contributed by atoms with van der Waals surface area (Å²) < 4.78 is 0. The summed E-state index contributed by atoms with van der Waals surface area (Å²) in [6.07, 6.45) is 1.90. The molecular weight excluding hydrogens is 314 g/mol. The van der Waals surface area contributed by atoms with Crippen LogP contribution in [0.5, 0.6) is 0 Å². The molecule has 0 heterocycles. The molecule has 0 spiro atoms. The number of nitrogens with two attached hydrogens (primary N) is 1. The Balaban J connectivity index is 2.02. The van der Waals surface area contributed by atoms with Crippen molar-refractivity contribution >= 4 is 11.9 Å². The molecule has 0 saturated heterocycles. The Labute approximate surface area is 148 Å². The fourth-order valence-corrected chi connectivity index (χ4v) is 2.73. The van der Waals surface area contributed by atoms with Crippen LogP contribution in [0.3, 0.4) is 0 Å². The average molecular weight is 340 g/mol. The lowest BCUT2D eigenvalue weighted by atomic mass is 10.0. The van der Waals surface area contributed by atoms with E-state index >= 15 is 0 Å². The maximum Gasteiger partial charge on any atom is 0.321 e. The lowest BCUT2D eigenvalue weighted by Crippen LogP contribution is -2.92.